The summed E-state index contributed by atoms with van der Waals surface area (Å²) in [4.78, 5) is 34.3. The first-order chi connectivity index (χ1) is 9.97. The van der Waals surface area contributed by atoms with Gasteiger partial charge >= 0.3 is 0 Å². The number of rotatable bonds is 7. The largest absolute Gasteiger partial charge is 0.483 e. The number of hydrogen-bond acceptors (Lipinski definition) is 4. The van der Waals surface area contributed by atoms with E-state index in [0.29, 0.717) is 22.8 Å². The van der Waals surface area contributed by atoms with Gasteiger partial charge < -0.3 is 15.4 Å². The molecule has 0 spiro atoms. The number of carbonyl (C=O) groups excluding carboxylic acids is 3. The fourth-order valence-electron chi connectivity index (χ4n) is 1.50. The monoisotopic (exact) mass is 312 g/mol. The maximum atomic E-state index is 11.8. The van der Waals surface area contributed by atoms with E-state index in [9.17, 15) is 14.4 Å². The molecule has 0 atom stereocenters. The Bertz CT molecular complexity index is 546. The van der Waals surface area contributed by atoms with Gasteiger partial charge in [-0.25, -0.2) is 0 Å². The van der Waals surface area contributed by atoms with Crippen LogP contribution < -0.4 is 15.4 Å². The molecule has 114 valence electrons. The standard InChI is InChI=1S/C14H17ClN2O4/c1-3-11(18)10-6-9(15)4-5-12(10)21-8-14(20)17-7-13(19)16-2/h4-6H,3,7-8H2,1-2H3,(H,16,19)(H,17,20). The number of benzene rings is 1. The second kappa shape index (κ2) is 8.26. The first-order valence-corrected chi connectivity index (χ1v) is 6.78. The zero-order valence-corrected chi connectivity index (χ0v) is 12.6. The van der Waals surface area contributed by atoms with Crippen LogP contribution in [0.15, 0.2) is 18.2 Å². The summed E-state index contributed by atoms with van der Waals surface area (Å²) in [6.45, 7) is 1.31. The number of hydrogen-bond donors (Lipinski definition) is 2. The van der Waals surface area contributed by atoms with Crippen LogP contribution in [0, 0.1) is 0 Å². The molecule has 0 fully saturated rings. The van der Waals surface area contributed by atoms with Crippen molar-refractivity contribution in [1.29, 1.82) is 0 Å². The predicted molar refractivity (Wildman–Crippen MR) is 78.6 cm³/mol. The Balaban J connectivity index is 2.64. The van der Waals surface area contributed by atoms with Crippen molar-refractivity contribution in [2.45, 2.75) is 13.3 Å². The molecule has 1 aromatic carbocycles. The van der Waals surface area contributed by atoms with Crippen molar-refractivity contribution in [3.8, 4) is 5.75 Å². The van der Waals surface area contributed by atoms with Crippen LogP contribution in [0.5, 0.6) is 5.75 Å². The Morgan fingerprint density at radius 2 is 1.95 bits per heavy atom. The van der Waals surface area contributed by atoms with E-state index in [1.807, 2.05) is 0 Å². The summed E-state index contributed by atoms with van der Waals surface area (Å²) in [6.07, 6.45) is 0.305. The molecule has 0 radical (unpaired) electrons. The Morgan fingerprint density at radius 3 is 2.57 bits per heavy atom. The number of nitrogens with one attached hydrogen (secondary N) is 2. The number of halogens is 1. The molecule has 6 nitrogen and oxygen atoms in total. The lowest BCUT2D eigenvalue weighted by Crippen LogP contribution is -2.37. The Kier molecular flexibility index (Phi) is 6.68. The second-order valence-corrected chi connectivity index (χ2v) is 4.59. The van der Waals surface area contributed by atoms with E-state index < -0.39 is 5.91 Å². The van der Waals surface area contributed by atoms with E-state index in [0.717, 1.165) is 0 Å². The smallest absolute Gasteiger partial charge is 0.258 e. The molecule has 1 aromatic rings. The number of likely N-dealkylation sites (N-methyl/N-ethyl adjacent to an activating group) is 1. The SMILES string of the molecule is CCC(=O)c1cc(Cl)ccc1OCC(=O)NCC(=O)NC. The van der Waals surface area contributed by atoms with Gasteiger partial charge in [0.2, 0.25) is 5.91 Å². The van der Waals surface area contributed by atoms with Crippen LogP contribution >= 0.6 is 11.6 Å². The maximum absolute atomic E-state index is 11.8. The van der Waals surface area contributed by atoms with Crippen LogP contribution in [0.2, 0.25) is 5.02 Å². The number of carbonyl (C=O) groups is 3. The minimum atomic E-state index is -0.455. The van der Waals surface area contributed by atoms with Gasteiger partial charge in [0.05, 0.1) is 12.1 Å². The van der Waals surface area contributed by atoms with Gasteiger partial charge in [-0.2, -0.15) is 0 Å². The number of ether oxygens (including phenoxy) is 1. The normalized spacial score (nSPS) is 9.86. The molecule has 0 aromatic heterocycles. The van der Waals surface area contributed by atoms with Crippen LogP contribution in [-0.2, 0) is 9.59 Å². The fraction of sp³-hybridized carbons (Fsp3) is 0.357. The number of Topliss-reactive ketones (excluding diaryl/α,β-unsaturated/α-hetero) is 1. The summed E-state index contributed by atoms with van der Waals surface area (Å²) in [5.41, 5.74) is 0.337. The highest BCUT2D eigenvalue weighted by molar-refractivity contribution is 6.31. The highest BCUT2D eigenvalue weighted by Gasteiger charge is 2.13. The topological polar surface area (TPSA) is 84.5 Å². The van der Waals surface area contributed by atoms with Crippen LogP contribution in [-0.4, -0.2) is 37.8 Å². The quantitative estimate of drug-likeness (QED) is 0.740. The molecule has 0 saturated heterocycles. The average molecular weight is 313 g/mol. The molecule has 0 aliphatic heterocycles. The van der Waals surface area contributed by atoms with E-state index in [4.69, 9.17) is 16.3 Å². The van der Waals surface area contributed by atoms with Gasteiger partial charge in [-0.3, -0.25) is 14.4 Å². The van der Waals surface area contributed by atoms with E-state index >= 15 is 0 Å². The summed E-state index contributed by atoms with van der Waals surface area (Å²) in [5.74, 6) is -0.597. The lowest BCUT2D eigenvalue weighted by molar-refractivity contribution is -0.127. The van der Waals surface area contributed by atoms with Crippen LogP contribution in [0.1, 0.15) is 23.7 Å². The zero-order chi connectivity index (χ0) is 15.8. The van der Waals surface area contributed by atoms with Crippen LogP contribution in [0.3, 0.4) is 0 Å². The van der Waals surface area contributed by atoms with Gasteiger partial charge in [-0.15, -0.1) is 0 Å². The molecular weight excluding hydrogens is 296 g/mol. The van der Waals surface area contributed by atoms with Crippen molar-refractivity contribution in [3.63, 3.8) is 0 Å². The van der Waals surface area contributed by atoms with Crippen molar-refractivity contribution in [3.05, 3.63) is 28.8 Å². The van der Waals surface area contributed by atoms with Gasteiger partial charge in [0.1, 0.15) is 5.75 Å². The van der Waals surface area contributed by atoms with Crippen molar-refractivity contribution in [1.82, 2.24) is 10.6 Å². The molecule has 7 heteroatoms. The minimum Gasteiger partial charge on any atom is -0.483 e. The van der Waals surface area contributed by atoms with Crippen LogP contribution in [0.25, 0.3) is 0 Å². The Labute approximate surface area is 127 Å². The molecule has 21 heavy (non-hydrogen) atoms. The van der Waals surface area contributed by atoms with Gasteiger partial charge in [0, 0.05) is 18.5 Å². The molecule has 0 saturated carbocycles. The summed E-state index contributed by atoms with van der Waals surface area (Å²) >= 11 is 5.85. The molecule has 2 N–H and O–H groups in total. The Morgan fingerprint density at radius 1 is 1.24 bits per heavy atom. The van der Waals surface area contributed by atoms with E-state index in [1.54, 1.807) is 13.0 Å². The van der Waals surface area contributed by atoms with Crippen molar-refractivity contribution in [2.24, 2.45) is 0 Å². The predicted octanol–water partition coefficient (Wildman–Crippen LogP) is 1.17. The van der Waals surface area contributed by atoms with E-state index in [-0.39, 0.29) is 24.8 Å². The molecule has 0 aliphatic rings. The summed E-state index contributed by atoms with van der Waals surface area (Å²) < 4.78 is 5.32. The molecule has 0 bridgehead atoms. The first-order valence-electron chi connectivity index (χ1n) is 6.40. The van der Waals surface area contributed by atoms with E-state index in [2.05, 4.69) is 10.6 Å². The maximum Gasteiger partial charge on any atom is 0.258 e. The van der Waals surface area contributed by atoms with Crippen molar-refractivity contribution < 1.29 is 19.1 Å². The highest BCUT2D eigenvalue weighted by Crippen LogP contribution is 2.24. The molecule has 2 amide bonds. The Hall–Kier alpha value is -2.08. The summed E-state index contributed by atoms with van der Waals surface area (Å²) in [6, 6.07) is 4.62. The molecule has 1 rings (SSSR count). The molecular formula is C14H17ClN2O4. The zero-order valence-electron chi connectivity index (χ0n) is 11.9. The van der Waals surface area contributed by atoms with Crippen molar-refractivity contribution >= 4 is 29.2 Å². The molecule has 0 unspecified atom stereocenters. The fourth-order valence-corrected chi connectivity index (χ4v) is 1.67. The highest BCUT2D eigenvalue weighted by atomic mass is 35.5. The van der Waals surface area contributed by atoms with Crippen molar-refractivity contribution in [2.75, 3.05) is 20.2 Å². The summed E-state index contributed by atoms with van der Waals surface area (Å²) in [5, 5.41) is 5.19. The lowest BCUT2D eigenvalue weighted by atomic mass is 10.1. The van der Waals surface area contributed by atoms with Crippen LogP contribution in [0.4, 0.5) is 0 Å². The average Bonchev–Trinajstić information content (AvgIpc) is 2.50. The third kappa shape index (κ3) is 5.43. The number of ketones is 1. The molecule has 0 aliphatic carbocycles. The van der Waals surface area contributed by atoms with E-state index in [1.165, 1.54) is 19.2 Å². The third-order valence-corrected chi connectivity index (χ3v) is 2.88. The van der Waals surface area contributed by atoms with Gasteiger partial charge in [0.25, 0.3) is 5.91 Å². The summed E-state index contributed by atoms with van der Waals surface area (Å²) in [7, 11) is 1.47. The number of amides is 2. The lowest BCUT2D eigenvalue weighted by Gasteiger charge is -2.11. The second-order valence-electron chi connectivity index (χ2n) is 4.16. The van der Waals surface area contributed by atoms with Gasteiger partial charge in [-0.1, -0.05) is 18.5 Å². The minimum absolute atomic E-state index is 0.125. The van der Waals surface area contributed by atoms with Gasteiger partial charge in [0.15, 0.2) is 12.4 Å². The molecule has 0 heterocycles. The first kappa shape index (κ1) is 17.0. The van der Waals surface area contributed by atoms with Gasteiger partial charge in [-0.05, 0) is 18.2 Å². The third-order valence-electron chi connectivity index (χ3n) is 2.65.